The zero-order valence-electron chi connectivity index (χ0n) is 39.0. The topological polar surface area (TPSA) is 16.4 Å². The van der Waals surface area contributed by atoms with Gasteiger partial charge in [0, 0.05) is 39.2 Å². The Morgan fingerprint density at radius 3 is 1.44 bits per heavy atom. The summed E-state index contributed by atoms with van der Waals surface area (Å²) in [5.74, 6) is 1.86. The van der Waals surface area contributed by atoms with Crippen LogP contribution in [0.1, 0.15) is 47.4 Å². The molecule has 70 heavy (non-hydrogen) atoms. The molecule has 1 aromatic heterocycles. The Bertz CT molecular complexity index is 3800. The molecule has 14 rings (SSSR count). The number of benzene rings is 10. The van der Waals surface area contributed by atoms with Crippen LogP contribution in [0.4, 0.5) is 17.1 Å². The predicted molar refractivity (Wildman–Crippen MR) is 289 cm³/mol. The highest BCUT2D eigenvalue weighted by molar-refractivity contribution is 6.07. The second-order valence-electron chi connectivity index (χ2n) is 19.5. The molecule has 0 aliphatic heterocycles. The normalized spacial score (nSPS) is 13.8. The van der Waals surface area contributed by atoms with E-state index >= 15 is 0 Å². The van der Waals surface area contributed by atoms with Crippen molar-refractivity contribution < 1.29 is 4.42 Å². The van der Waals surface area contributed by atoms with Crippen LogP contribution in [0.15, 0.2) is 253 Å². The van der Waals surface area contributed by atoms with Crippen LogP contribution in [-0.2, 0) is 10.8 Å². The van der Waals surface area contributed by atoms with Crippen molar-refractivity contribution in [3.63, 3.8) is 0 Å². The Morgan fingerprint density at radius 2 is 0.771 bits per heavy atom. The number of hydrogen-bond acceptors (Lipinski definition) is 2. The van der Waals surface area contributed by atoms with Crippen molar-refractivity contribution in [1.82, 2.24) is 0 Å². The zero-order valence-corrected chi connectivity index (χ0v) is 39.0. The third kappa shape index (κ3) is 5.74. The summed E-state index contributed by atoms with van der Waals surface area (Å²) in [6.07, 6.45) is 0. The lowest BCUT2D eigenvalue weighted by Crippen LogP contribution is -2.25. The van der Waals surface area contributed by atoms with Gasteiger partial charge in [-0.25, -0.2) is 0 Å². The Labute approximate surface area is 409 Å². The quantitative estimate of drug-likeness (QED) is 0.158. The van der Waals surface area contributed by atoms with Gasteiger partial charge in [-0.05, 0) is 120 Å². The van der Waals surface area contributed by atoms with E-state index in [1.165, 1.54) is 72.3 Å². The Balaban J connectivity index is 1.02. The number of rotatable bonds is 7. The molecule has 1 spiro atoms. The van der Waals surface area contributed by atoms with Gasteiger partial charge >= 0.3 is 0 Å². The Kier molecular flexibility index (Phi) is 8.88. The molecule has 0 fully saturated rings. The molecule has 0 radical (unpaired) electrons. The predicted octanol–water partition coefficient (Wildman–Crippen LogP) is 18.1. The SMILES string of the molecule is CC1(C)c2ccccc2-c2ccc(N(c3ccc(-c4ccccc4)cc3)c3cccc(-c4cccc5c4-c4c(oc(-c6ccccc6)c4-c4ccccc4)C54c5ccccc5-c5ccccc54)c3)cc21. The molecule has 0 N–H and O–H groups in total. The van der Waals surface area contributed by atoms with E-state index in [-0.39, 0.29) is 5.41 Å². The summed E-state index contributed by atoms with van der Waals surface area (Å²) in [7, 11) is 0. The minimum Gasteiger partial charge on any atom is -0.458 e. The highest BCUT2D eigenvalue weighted by Crippen LogP contribution is 2.67. The summed E-state index contributed by atoms with van der Waals surface area (Å²) in [6, 6.07) is 91.3. The summed E-state index contributed by atoms with van der Waals surface area (Å²) < 4.78 is 7.61. The molecule has 10 aromatic carbocycles. The van der Waals surface area contributed by atoms with Crippen molar-refractivity contribution in [2.24, 2.45) is 0 Å². The van der Waals surface area contributed by atoms with E-state index in [2.05, 4.69) is 267 Å². The molecule has 3 aliphatic rings. The highest BCUT2D eigenvalue weighted by atomic mass is 16.3. The lowest BCUT2D eigenvalue weighted by Gasteiger charge is -2.29. The van der Waals surface area contributed by atoms with Crippen LogP contribution in [-0.4, -0.2) is 0 Å². The van der Waals surface area contributed by atoms with Crippen molar-refractivity contribution in [1.29, 1.82) is 0 Å². The summed E-state index contributed by atoms with van der Waals surface area (Å²) in [4.78, 5) is 2.44. The van der Waals surface area contributed by atoms with Crippen LogP contribution in [0.3, 0.4) is 0 Å². The molecular weight excluding hydrogens is 847 g/mol. The van der Waals surface area contributed by atoms with Gasteiger partial charge in [-0.15, -0.1) is 0 Å². The lowest BCUT2D eigenvalue weighted by atomic mass is 9.73. The van der Waals surface area contributed by atoms with Gasteiger partial charge < -0.3 is 9.32 Å². The number of nitrogens with zero attached hydrogens (tertiary/aromatic N) is 1. The van der Waals surface area contributed by atoms with Crippen LogP contribution >= 0.6 is 0 Å². The highest BCUT2D eigenvalue weighted by Gasteiger charge is 2.56. The molecule has 0 bridgehead atoms. The van der Waals surface area contributed by atoms with Gasteiger partial charge in [-0.1, -0.05) is 226 Å². The maximum Gasteiger partial charge on any atom is 0.142 e. The Morgan fingerprint density at radius 1 is 0.300 bits per heavy atom. The molecule has 0 unspecified atom stereocenters. The van der Waals surface area contributed by atoms with Gasteiger partial charge in [0.25, 0.3) is 0 Å². The maximum atomic E-state index is 7.61. The smallest absolute Gasteiger partial charge is 0.142 e. The minimum absolute atomic E-state index is 0.151. The molecule has 0 saturated carbocycles. The molecule has 3 aliphatic carbocycles. The van der Waals surface area contributed by atoms with Crippen LogP contribution in [0.25, 0.3) is 78.1 Å². The summed E-state index contributed by atoms with van der Waals surface area (Å²) in [5, 5.41) is 0. The molecule has 2 nitrogen and oxygen atoms in total. The van der Waals surface area contributed by atoms with E-state index in [0.717, 1.165) is 56.4 Å². The van der Waals surface area contributed by atoms with Gasteiger partial charge in [-0.3, -0.25) is 0 Å². The zero-order chi connectivity index (χ0) is 46.6. The Hall–Kier alpha value is -8.72. The first kappa shape index (κ1) is 40.4. The first-order valence-corrected chi connectivity index (χ1v) is 24.4. The van der Waals surface area contributed by atoms with E-state index in [1.54, 1.807) is 0 Å². The van der Waals surface area contributed by atoms with Crippen molar-refractivity contribution in [3.05, 3.63) is 282 Å². The molecular formula is C68H47NO. The van der Waals surface area contributed by atoms with Crippen LogP contribution in [0.2, 0.25) is 0 Å². The van der Waals surface area contributed by atoms with E-state index < -0.39 is 5.41 Å². The average molecular weight is 894 g/mol. The fraction of sp³-hybridized carbons (Fsp3) is 0.0588. The van der Waals surface area contributed by atoms with Gasteiger partial charge in [-0.2, -0.15) is 0 Å². The first-order chi connectivity index (χ1) is 34.5. The monoisotopic (exact) mass is 893 g/mol. The fourth-order valence-corrected chi connectivity index (χ4v) is 12.4. The molecule has 0 saturated heterocycles. The standard InChI is InChI=1S/C68H47NO/c1-67(2)57-32-15-12-28-53(57)56-41-40-51(43-61(56)67)69(49-38-36-45(37-39-49)44-20-6-3-7-21-44)50-27-18-26-48(42-50)52-31-19-35-60-63(52)64-62(46-22-8-4-9-23-46)65(47-24-10-5-11-25-47)70-66(64)68(60)58-33-16-13-29-54(58)55-30-14-17-34-59(55)68/h3-43H,1-2H3. The maximum absolute atomic E-state index is 7.61. The average Bonchev–Trinajstić information content (AvgIpc) is 4.12. The summed E-state index contributed by atoms with van der Waals surface area (Å²) in [5.41, 5.74) is 24.4. The summed E-state index contributed by atoms with van der Waals surface area (Å²) >= 11 is 0. The van der Waals surface area contributed by atoms with Gasteiger partial charge in [0.15, 0.2) is 0 Å². The van der Waals surface area contributed by atoms with Crippen molar-refractivity contribution in [2.75, 3.05) is 4.90 Å². The lowest BCUT2D eigenvalue weighted by molar-refractivity contribution is 0.485. The number of anilines is 3. The fourth-order valence-electron chi connectivity index (χ4n) is 12.4. The van der Waals surface area contributed by atoms with Crippen molar-refractivity contribution >= 4 is 17.1 Å². The van der Waals surface area contributed by atoms with Crippen molar-refractivity contribution in [2.45, 2.75) is 24.7 Å². The second kappa shape index (κ2) is 15.4. The van der Waals surface area contributed by atoms with Crippen LogP contribution in [0, 0.1) is 0 Å². The van der Waals surface area contributed by atoms with E-state index in [9.17, 15) is 0 Å². The van der Waals surface area contributed by atoms with Crippen molar-refractivity contribution in [3.8, 4) is 78.1 Å². The molecule has 2 heteroatoms. The second-order valence-corrected chi connectivity index (χ2v) is 19.5. The summed E-state index contributed by atoms with van der Waals surface area (Å²) in [6.45, 7) is 4.73. The number of hydrogen-bond donors (Lipinski definition) is 0. The van der Waals surface area contributed by atoms with E-state index in [0.29, 0.717) is 0 Å². The van der Waals surface area contributed by atoms with E-state index in [1.807, 2.05) is 0 Å². The largest absolute Gasteiger partial charge is 0.458 e. The first-order valence-electron chi connectivity index (χ1n) is 24.4. The third-order valence-electron chi connectivity index (χ3n) is 15.5. The van der Waals surface area contributed by atoms with Gasteiger partial charge in [0.2, 0.25) is 0 Å². The van der Waals surface area contributed by atoms with Crippen LogP contribution < -0.4 is 4.90 Å². The number of furan rings is 1. The molecule has 11 aromatic rings. The molecule has 330 valence electrons. The van der Waals surface area contributed by atoms with E-state index in [4.69, 9.17) is 4.42 Å². The molecule has 0 atom stereocenters. The third-order valence-corrected chi connectivity index (χ3v) is 15.5. The van der Waals surface area contributed by atoms with Crippen LogP contribution in [0.5, 0.6) is 0 Å². The number of fused-ring (bicyclic) bond motifs is 13. The minimum atomic E-state index is -0.677. The van der Waals surface area contributed by atoms with Gasteiger partial charge in [0.1, 0.15) is 16.9 Å². The molecule has 0 amide bonds. The van der Waals surface area contributed by atoms with Gasteiger partial charge in [0.05, 0.1) is 0 Å². The molecule has 1 heterocycles.